The molecule has 9 heteroatoms. The monoisotopic (exact) mass is 469 g/mol. The topological polar surface area (TPSA) is 111 Å². The van der Waals surface area contributed by atoms with Crippen LogP contribution in [0.4, 0.5) is 0 Å². The zero-order valence-corrected chi connectivity index (χ0v) is 19.4. The van der Waals surface area contributed by atoms with Crippen molar-refractivity contribution >= 4 is 16.3 Å². The average Bonchev–Trinajstić information content (AvgIpc) is 3.05. The summed E-state index contributed by atoms with van der Waals surface area (Å²) in [4.78, 5) is 11.2. The number of carbonyl (C=O) groups excluding carboxylic acids is 1. The van der Waals surface area contributed by atoms with Gasteiger partial charge in [-0.05, 0) is 56.1 Å². The molecule has 2 N–H and O–H groups in total. The quantitative estimate of drug-likeness (QED) is 0.452. The molecule has 32 heavy (non-hydrogen) atoms. The van der Waals surface area contributed by atoms with Crippen molar-refractivity contribution in [3.8, 4) is 5.75 Å². The van der Waals surface area contributed by atoms with Crippen LogP contribution in [0.5, 0.6) is 5.75 Å². The van der Waals surface area contributed by atoms with Crippen molar-refractivity contribution in [3.05, 3.63) is 30.3 Å². The summed E-state index contributed by atoms with van der Waals surface area (Å²) in [5, 5.41) is 10.6. The van der Waals surface area contributed by atoms with Crippen LogP contribution >= 0.6 is 0 Å². The van der Waals surface area contributed by atoms with Gasteiger partial charge < -0.3 is 24.1 Å². The van der Waals surface area contributed by atoms with Gasteiger partial charge in [0.05, 0.1) is 24.5 Å². The van der Waals surface area contributed by atoms with E-state index in [-0.39, 0.29) is 37.3 Å². The maximum atomic E-state index is 11.9. The normalized spacial score (nSPS) is 29.5. The number of ether oxygens (including phenoxy) is 3. The van der Waals surface area contributed by atoms with Crippen molar-refractivity contribution in [1.82, 2.24) is 4.72 Å². The van der Waals surface area contributed by atoms with Crippen LogP contribution in [-0.4, -0.2) is 63.8 Å². The van der Waals surface area contributed by atoms with Crippen molar-refractivity contribution in [2.75, 3.05) is 19.5 Å². The van der Waals surface area contributed by atoms with Crippen molar-refractivity contribution in [1.29, 1.82) is 0 Å². The van der Waals surface area contributed by atoms with Gasteiger partial charge in [-0.25, -0.2) is 13.1 Å². The molecule has 180 valence electrons. The van der Waals surface area contributed by atoms with Crippen molar-refractivity contribution in [2.45, 2.75) is 69.5 Å². The zero-order valence-electron chi connectivity index (χ0n) is 18.6. The van der Waals surface area contributed by atoms with Crippen LogP contribution in [0.2, 0.25) is 0 Å². The summed E-state index contributed by atoms with van der Waals surface area (Å²) in [5.74, 6) is 0.384. The summed E-state index contributed by atoms with van der Waals surface area (Å²) in [5.41, 5.74) is 0. The molecule has 2 unspecified atom stereocenters. The Bertz CT molecular complexity index is 798. The van der Waals surface area contributed by atoms with Crippen molar-refractivity contribution in [3.63, 3.8) is 0 Å². The SMILES string of the molecule is CS(=O)(=O)NC(CC[C@H]1[C@H](CC=O)[C@H](O)C[C@@H]1OC1CCCCO1)COc1ccccc1. The number of carbonyl (C=O) groups is 1. The second kappa shape index (κ2) is 12.1. The van der Waals surface area contributed by atoms with Crippen LogP contribution in [0.25, 0.3) is 0 Å². The second-order valence-corrected chi connectivity index (χ2v) is 10.6. The summed E-state index contributed by atoms with van der Waals surface area (Å²) in [7, 11) is -3.43. The van der Waals surface area contributed by atoms with Crippen LogP contribution in [-0.2, 0) is 24.3 Å². The maximum absolute atomic E-state index is 11.9. The van der Waals surface area contributed by atoms with Crippen LogP contribution in [0.3, 0.4) is 0 Å². The van der Waals surface area contributed by atoms with E-state index in [1.807, 2.05) is 30.3 Å². The Morgan fingerprint density at radius 3 is 2.69 bits per heavy atom. The van der Waals surface area contributed by atoms with E-state index in [0.717, 1.165) is 31.8 Å². The van der Waals surface area contributed by atoms with Gasteiger partial charge in [0, 0.05) is 19.4 Å². The van der Waals surface area contributed by atoms with Gasteiger partial charge in [-0.2, -0.15) is 0 Å². The van der Waals surface area contributed by atoms with Crippen molar-refractivity contribution < 1.29 is 32.5 Å². The van der Waals surface area contributed by atoms with E-state index in [0.29, 0.717) is 31.6 Å². The number of rotatable bonds is 12. The van der Waals surface area contributed by atoms with Gasteiger partial charge >= 0.3 is 0 Å². The molecule has 1 aliphatic carbocycles. The molecule has 0 radical (unpaired) electrons. The molecule has 6 atom stereocenters. The molecule has 1 heterocycles. The first-order chi connectivity index (χ1) is 15.4. The van der Waals surface area contributed by atoms with Crippen LogP contribution in [0.1, 0.15) is 44.9 Å². The fourth-order valence-electron chi connectivity index (χ4n) is 4.75. The summed E-state index contributed by atoms with van der Waals surface area (Å²) in [6, 6.07) is 8.79. The number of para-hydroxylation sites is 1. The van der Waals surface area contributed by atoms with E-state index in [1.54, 1.807) is 0 Å². The molecule has 2 aliphatic rings. The third-order valence-electron chi connectivity index (χ3n) is 6.25. The lowest BCUT2D eigenvalue weighted by Gasteiger charge is -2.31. The summed E-state index contributed by atoms with van der Waals surface area (Å²) in [6.07, 6.45) is 5.50. The molecule has 1 aromatic carbocycles. The Balaban J connectivity index is 1.65. The lowest BCUT2D eigenvalue weighted by molar-refractivity contribution is -0.196. The number of hydrogen-bond donors (Lipinski definition) is 2. The van der Waals surface area contributed by atoms with Gasteiger partial charge in [-0.15, -0.1) is 0 Å². The van der Waals surface area contributed by atoms with E-state index in [2.05, 4.69) is 4.72 Å². The predicted octanol–water partition coefficient (Wildman–Crippen LogP) is 2.26. The average molecular weight is 470 g/mol. The highest BCUT2D eigenvalue weighted by molar-refractivity contribution is 7.88. The number of hydrogen-bond acceptors (Lipinski definition) is 7. The van der Waals surface area contributed by atoms with Gasteiger partial charge in [-0.1, -0.05) is 18.2 Å². The first kappa shape index (κ1) is 25.1. The number of sulfonamides is 1. The Hall–Kier alpha value is -1.52. The number of aliphatic hydroxyl groups excluding tert-OH is 1. The molecule has 2 fully saturated rings. The zero-order chi connectivity index (χ0) is 23.0. The predicted molar refractivity (Wildman–Crippen MR) is 120 cm³/mol. The molecule has 1 aromatic rings. The van der Waals surface area contributed by atoms with Gasteiger partial charge in [0.2, 0.25) is 10.0 Å². The summed E-state index contributed by atoms with van der Waals surface area (Å²) in [6.45, 7) is 0.849. The smallest absolute Gasteiger partial charge is 0.209 e. The molecule has 3 rings (SSSR count). The minimum absolute atomic E-state index is 0.0682. The third-order valence-corrected chi connectivity index (χ3v) is 7.01. The van der Waals surface area contributed by atoms with Crippen LogP contribution in [0, 0.1) is 11.8 Å². The van der Waals surface area contributed by atoms with Crippen LogP contribution in [0.15, 0.2) is 30.3 Å². The fourth-order valence-corrected chi connectivity index (χ4v) is 5.54. The molecule has 0 aromatic heterocycles. The number of aliphatic hydroxyl groups is 1. The molecule has 0 spiro atoms. The van der Waals surface area contributed by atoms with E-state index in [4.69, 9.17) is 14.2 Å². The summed E-state index contributed by atoms with van der Waals surface area (Å²) >= 11 is 0. The molecule has 1 aliphatic heterocycles. The molecule has 0 amide bonds. The number of nitrogens with one attached hydrogen (secondary N) is 1. The molecule has 1 saturated heterocycles. The molecule has 8 nitrogen and oxygen atoms in total. The standard InChI is InChI=1S/C23H35NO7S/c1-32(27,28)24-17(16-30-18-7-3-2-4-8-18)10-11-20-19(12-13-25)21(26)15-22(20)31-23-9-5-6-14-29-23/h2-4,7-8,13,17,19-24,26H,5-6,9-12,14-16H2,1H3/t17?,19-,20-,21+,22-,23?/m0/s1. The van der Waals surface area contributed by atoms with Crippen LogP contribution < -0.4 is 9.46 Å². The van der Waals surface area contributed by atoms with E-state index < -0.39 is 22.2 Å². The van der Waals surface area contributed by atoms with E-state index in [1.165, 1.54) is 0 Å². The first-order valence-corrected chi connectivity index (χ1v) is 13.3. The Kier molecular flexibility index (Phi) is 9.48. The second-order valence-electron chi connectivity index (χ2n) is 8.79. The van der Waals surface area contributed by atoms with Gasteiger partial charge in [0.25, 0.3) is 0 Å². The molecule has 1 saturated carbocycles. The Morgan fingerprint density at radius 2 is 2.03 bits per heavy atom. The minimum atomic E-state index is -3.43. The third kappa shape index (κ3) is 7.81. The Morgan fingerprint density at radius 1 is 1.25 bits per heavy atom. The number of benzene rings is 1. The van der Waals surface area contributed by atoms with Gasteiger partial charge in [0.1, 0.15) is 18.6 Å². The number of aldehydes is 1. The fraction of sp³-hybridized carbons (Fsp3) is 0.696. The highest BCUT2D eigenvalue weighted by atomic mass is 32.2. The molecule has 0 bridgehead atoms. The maximum Gasteiger partial charge on any atom is 0.209 e. The molecular formula is C23H35NO7S. The van der Waals surface area contributed by atoms with Gasteiger partial charge in [-0.3, -0.25) is 0 Å². The van der Waals surface area contributed by atoms with E-state index >= 15 is 0 Å². The van der Waals surface area contributed by atoms with E-state index in [9.17, 15) is 18.3 Å². The lowest BCUT2D eigenvalue weighted by atomic mass is 9.86. The Labute approximate surface area is 190 Å². The first-order valence-electron chi connectivity index (χ1n) is 11.4. The highest BCUT2D eigenvalue weighted by Crippen LogP contribution is 2.40. The molecular weight excluding hydrogens is 434 g/mol. The van der Waals surface area contributed by atoms with Crippen molar-refractivity contribution in [2.24, 2.45) is 11.8 Å². The minimum Gasteiger partial charge on any atom is -0.492 e. The van der Waals surface area contributed by atoms with Gasteiger partial charge in [0.15, 0.2) is 6.29 Å². The largest absolute Gasteiger partial charge is 0.492 e. The lowest BCUT2D eigenvalue weighted by Crippen LogP contribution is -2.39. The summed E-state index contributed by atoms with van der Waals surface area (Å²) < 4.78 is 44.2. The highest BCUT2D eigenvalue weighted by Gasteiger charge is 2.44.